The second-order valence-electron chi connectivity index (χ2n) is 5.28. The first-order chi connectivity index (χ1) is 10.3. The molecule has 22 heavy (non-hydrogen) atoms. The van der Waals surface area contributed by atoms with Gasteiger partial charge in [0.25, 0.3) is 5.92 Å². The van der Waals surface area contributed by atoms with Gasteiger partial charge in [-0.15, -0.1) is 0 Å². The van der Waals surface area contributed by atoms with Gasteiger partial charge in [0.1, 0.15) is 0 Å². The molecule has 1 aliphatic rings. The van der Waals surface area contributed by atoms with E-state index in [2.05, 4.69) is 10.6 Å². The number of piperidine rings is 1. The molecule has 1 heterocycles. The number of hydrogen-bond donors (Lipinski definition) is 4. The van der Waals surface area contributed by atoms with Crippen LogP contribution in [0, 0.1) is 17.7 Å². The summed E-state index contributed by atoms with van der Waals surface area (Å²) in [6.45, 7) is 2.07. The summed E-state index contributed by atoms with van der Waals surface area (Å²) in [7, 11) is 0. The Morgan fingerprint density at radius 3 is 2.50 bits per heavy atom. The van der Waals surface area contributed by atoms with Gasteiger partial charge in [-0.25, -0.2) is 8.78 Å². The van der Waals surface area contributed by atoms with Crippen LogP contribution in [0.25, 0.3) is 0 Å². The molecule has 4 N–H and O–H groups in total. The molecule has 0 atom stereocenters. The molecule has 0 aliphatic carbocycles. The van der Waals surface area contributed by atoms with E-state index in [-0.39, 0.29) is 37.9 Å². The Kier molecular flexibility index (Phi) is 4.85. The molecular formula is C14H18ClF2N5. The summed E-state index contributed by atoms with van der Waals surface area (Å²) in [4.78, 5) is 1.50. The Morgan fingerprint density at radius 1 is 1.27 bits per heavy atom. The number of nitrogens with zero attached hydrogens (tertiary/aromatic N) is 1. The molecule has 8 heteroatoms. The first-order valence-corrected chi connectivity index (χ1v) is 7.25. The molecule has 0 spiro atoms. The highest BCUT2D eigenvalue weighted by molar-refractivity contribution is 6.31. The van der Waals surface area contributed by atoms with Crippen molar-refractivity contribution in [3.05, 3.63) is 28.8 Å². The van der Waals surface area contributed by atoms with Gasteiger partial charge in [-0.05, 0) is 24.6 Å². The minimum Gasteiger partial charge on any atom is -0.342 e. The number of likely N-dealkylation sites (tertiary alicyclic amines) is 1. The second-order valence-corrected chi connectivity index (χ2v) is 5.69. The molecule has 1 aromatic carbocycles. The maximum absolute atomic E-state index is 13.1. The maximum Gasteiger partial charge on any atom is 0.251 e. The summed E-state index contributed by atoms with van der Waals surface area (Å²) >= 11 is 6.00. The van der Waals surface area contributed by atoms with E-state index in [0.717, 1.165) is 5.56 Å². The van der Waals surface area contributed by atoms with E-state index in [4.69, 9.17) is 22.4 Å². The quantitative estimate of drug-likeness (QED) is 0.472. The Bertz CT molecular complexity index is 581. The minimum atomic E-state index is -2.65. The lowest BCUT2D eigenvalue weighted by Crippen LogP contribution is -2.50. The van der Waals surface area contributed by atoms with E-state index >= 15 is 0 Å². The Balaban J connectivity index is 1.86. The molecule has 0 amide bonds. The Labute approximate surface area is 132 Å². The Morgan fingerprint density at radius 2 is 1.91 bits per heavy atom. The predicted octanol–water partition coefficient (Wildman–Crippen LogP) is 3.25. The number of benzene rings is 1. The molecule has 1 aliphatic heterocycles. The number of alkyl halides is 2. The summed E-state index contributed by atoms with van der Waals surface area (Å²) in [6.07, 6.45) is -0.545. The van der Waals surface area contributed by atoms with Gasteiger partial charge in [-0.2, -0.15) is 0 Å². The molecular weight excluding hydrogens is 312 g/mol. The van der Waals surface area contributed by atoms with Gasteiger partial charge in [0.2, 0.25) is 0 Å². The van der Waals surface area contributed by atoms with Gasteiger partial charge >= 0.3 is 0 Å². The summed E-state index contributed by atoms with van der Waals surface area (Å²) in [5.74, 6) is -2.82. The fourth-order valence-electron chi connectivity index (χ4n) is 2.10. The standard InChI is InChI=1S/C14H18ClF2N5/c1-9-2-3-10(8-11(9)15)20-12(18)21-13(19)22-6-4-14(16,17)5-7-22/h2-3,8H,4-7H2,1H3,(H4,18,19,20,21). The molecule has 1 fully saturated rings. The monoisotopic (exact) mass is 329 g/mol. The van der Waals surface area contributed by atoms with Crippen LogP contribution in [0.3, 0.4) is 0 Å². The maximum atomic E-state index is 13.1. The summed E-state index contributed by atoms with van der Waals surface area (Å²) in [5.41, 5.74) is 1.54. The predicted molar refractivity (Wildman–Crippen MR) is 84.2 cm³/mol. The van der Waals surface area contributed by atoms with Crippen molar-refractivity contribution in [2.75, 3.05) is 18.4 Å². The molecule has 0 radical (unpaired) electrons. The van der Waals surface area contributed by atoms with E-state index in [9.17, 15) is 8.78 Å². The van der Waals surface area contributed by atoms with Crippen LogP contribution < -0.4 is 10.6 Å². The van der Waals surface area contributed by atoms with Crippen molar-refractivity contribution >= 4 is 29.2 Å². The van der Waals surface area contributed by atoms with Gasteiger partial charge in [-0.1, -0.05) is 17.7 Å². The highest BCUT2D eigenvalue weighted by Crippen LogP contribution is 2.27. The van der Waals surface area contributed by atoms with Crippen molar-refractivity contribution in [2.24, 2.45) is 0 Å². The van der Waals surface area contributed by atoms with Crippen molar-refractivity contribution in [3.63, 3.8) is 0 Å². The van der Waals surface area contributed by atoms with Gasteiger partial charge in [0.05, 0.1) is 0 Å². The van der Waals surface area contributed by atoms with Gasteiger partial charge < -0.3 is 10.2 Å². The summed E-state index contributed by atoms with van der Waals surface area (Å²) in [6, 6.07) is 5.26. The highest BCUT2D eigenvalue weighted by atomic mass is 35.5. The zero-order chi connectivity index (χ0) is 16.3. The van der Waals surface area contributed by atoms with Crippen molar-refractivity contribution in [1.82, 2.24) is 10.2 Å². The molecule has 0 saturated carbocycles. The van der Waals surface area contributed by atoms with Crippen molar-refractivity contribution < 1.29 is 8.78 Å². The third-order valence-electron chi connectivity index (χ3n) is 3.50. The lowest BCUT2D eigenvalue weighted by Gasteiger charge is -2.33. The molecule has 1 saturated heterocycles. The third-order valence-corrected chi connectivity index (χ3v) is 3.90. The number of guanidine groups is 2. The number of halogens is 3. The smallest absolute Gasteiger partial charge is 0.251 e. The number of nitrogens with one attached hydrogen (secondary N) is 4. The van der Waals surface area contributed by atoms with Gasteiger partial charge in [-0.3, -0.25) is 16.1 Å². The van der Waals surface area contributed by atoms with Crippen molar-refractivity contribution in [3.8, 4) is 0 Å². The third kappa shape index (κ3) is 4.30. The fourth-order valence-corrected chi connectivity index (χ4v) is 2.28. The van der Waals surface area contributed by atoms with Crippen LogP contribution in [0.1, 0.15) is 18.4 Å². The molecule has 0 unspecified atom stereocenters. The van der Waals surface area contributed by atoms with E-state index in [1.165, 1.54) is 4.90 Å². The molecule has 2 rings (SSSR count). The zero-order valence-corrected chi connectivity index (χ0v) is 12.9. The number of hydrogen-bond acceptors (Lipinski definition) is 2. The molecule has 0 bridgehead atoms. The number of anilines is 1. The highest BCUT2D eigenvalue weighted by Gasteiger charge is 2.34. The van der Waals surface area contributed by atoms with E-state index < -0.39 is 5.92 Å². The first-order valence-electron chi connectivity index (χ1n) is 6.87. The average Bonchev–Trinajstić information content (AvgIpc) is 2.42. The summed E-state index contributed by atoms with van der Waals surface area (Å²) in [5, 5.41) is 21.5. The van der Waals surface area contributed by atoms with Crippen LogP contribution in [0.4, 0.5) is 14.5 Å². The van der Waals surface area contributed by atoms with E-state index in [1.807, 2.05) is 13.0 Å². The lowest BCUT2D eigenvalue weighted by atomic mass is 10.1. The van der Waals surface area contributed by atoms with Crippen LogP contribution in [0.5, 0.6) is 0 Å². The van der Waals surface area contributed by atoms with E-state index in [0.29, 0.717) is 10.7 Å². The van der Waals surface area contributed by atoms with Crippen LogP contribution in [-0.4, -0.2) is 35.8 Å². The number of aryl methyl sites for hydroxylation is 1. The zero-order valence-electron chi connectivity index (χ0n) is 12.1. The van der Waals surface area contributed by atoms with Crippen LogP contribution >= 0.6 is 11.6 Å². The Hall–Kier alpha value is -1.89. The van der Waals surface area contributed by atoms with Crippen LogP contribution in [-0.2, 0) is 0 Å². The number of rotatable bonds is 1. The van der Waals surface area contributed by atoms with Crippen molar-refractivity contribution in [1.29, 1.82) is 10.8 Å². The first kappa shape index (κ1) is 16.5. The second kappa shape index (κ2) is 6.48. The van der Waals surface area contributed by atoms with Gasteiger partial charge in [0.15, 0.2) is 11.9 Å². The molecule has 120 valence electrons. The SMILES string of the molecule is Cc1ccc(NC(=N)NC(=N)N2CCC(F)(F)CC2)cc1Cl. The van der Waals surface area contributed by atoms with Crippen molar-refractivity contribution in [2.45, 2.75) is 25.7 Å². The minimum absolute atomic E-state index is 0.0637. The van der Waals surface area contributed by atoms with E-state index in [1.54, 1.807) is 12.1 Å². The molecule has 5 nitrogen and oxygen atoms in total. The van der Waals surface area contributed by atoms with Crippen LogP contribution in [0.2, 0.25) is 5.02 Å². The molecule has 1 aromatic rings. The van der Waals surface area contributed by atoms with Gasteiger partial charge in [0, 0.05) is 36.6 Å². The fraction of sp³-hybridized carbons (Fsp3) is 0.429. The summed E-state index contributed by atoms with van der Waals surface area (Å²) < 4.78 is 26.2. The van der Waals surface area contributed by atoms with Crippen LogP contribution in [0.15, 0.2) is 18.2 Å². The lowest BCUT2D eigenvalue weighted by molar-refractivity contribution is -0.0438. The largest absolute Gasteiger partial charge is 0.342 e. The molecule has 0 aromatic heterocycles. The normalized spacial score (nSPS) is 17.0. The topological polar surface area (TPSA) is 75.0 Å². The average molecular weight is 330 g/mol.